The van der Waals surface area contributed by atoms with Crippen molar-refractivity contribution in [1.29, 1.82) is 5.26 Å². The minimum Gasteiger partial charge on any atom is -0.361 e. The predicted octanol–water partition coefficient (Wildman–Crippen LogP) is 3.32. The van der Waals surface area contributed by atoms with Gasteiger partial charge in [0.1, 0.15) is 0 Å². The second-order valence-electron chi connectivity index (χ2n) is 5.49. The van der Waals surface area contributed by atoms with Gasteiger partial charge in [-0.15, -0.1) is 0 Å². The molecule has 3 nitrogen and oxygen atoms in total. The largest absolute Gasteiger partial charge is 0.361 e. The third-order valence-electron chi connectivity index (χ3n) is 3.40. The maximum absolute atomic E-state index is 9.40. The number of H-pyrrole nitrogens is 1. The van der Waals surface area contributed by atoms with E-state index in [-0.39, 0.29) is 6.04 Å². The zero-order valence-electron chi connectivity index (χ0n) is 11.4. The van der Waals surface area contributed by atoms with E-state index in [2.05, 4.69) is 28.1 Å². The van der Waals surface area contributed by atoms with Gasteiger partial charge in [0.05, 0.1) is 17.5 Å². The average molecular weight is 241 g/mol. The molecular weight excluding hydrogens is 222 g/mol. The number of fused-ring (bicyclic) bond motifs is 1. The van der Waals surface area contributed by atoms with Gasteiger partial charge in [0.2, 0.25) is 0 Å². The minimum atomic E-state index is -0.436. The van der Waals surface area contributed by atoms with Crippen molar-refractivity contribution in [2.75, 3.05) is 14.1 Å². The summed E-state index contributed by atoms with van der Waals surface area (Å²) in [5.41, 5.74) is 1.87. The summed E-state index contributed by atoms with van der Waals surface area (Å²) >= 11 is 0. The first-order valence-corrected chi connectivity index (χ1v) is 6.11. The second kappa shape index (κ2) is 4.47. The van der Waals surface area contributed by atoms with Gasteiger partial charge in [-0.1, -0.05) is 18.2 Å². The topological polar surface area (TPSA) is 42.8 Å². The number of aromatic nitrogens is 1. The Hall–Kier alpha value is -1.79. The summed E-state index contributed by atoms with van der Waals surface area (Å²) in [6.07, 6.45) is 2.02. The molecule has 0 amide bonds. The highest BCUT2D eigenvalue weighted by atomic mass is 15.1. The monoisotopic (exact) mass is 241 g/mol. The van der Waals surface area contributed by atoms with Crippen LogP contribution in [0.25, 0.3) is 10.9 Å². The zero-order valence-corrected chi connectivity index (χ0v) is 11.4. The van der Waals surface area contributed by atoms with E-state index < -0.39 is 5.41 Å². The zero-order chi connectivity index (χ0) is 13.3. The standard InChI is InChI=1S/C15H19N3/c1-15(2,10-16)14(18(3)4)12-9-17-13-8-6-5-7-11(12)13/h5-9,14,17H,1-4H3. The van der Waals surface area contributed by atoms with Gasteiger partial charge in [-0.3, -0.25) is 0 Å². The number of para-hydroxylation sites is 1. The maximum Gasteiger partial charge on any atom is 0.0714 e. The molecule has 0 bridgehead atoms. The summed E-state index contributed by atoms with van der Waals surface area (Å²) in [5.74, 6) is 0. The molecule has 1 aromatic heterocycles. The lowest BCUT2D eigenvalue weighted by molar-refractivity contribution is 0.187. The van der Waals surface area contributed by atoms with Crippen LogP contribution in [0.2, 0.25) is 0 Å². The van der Waals surface area contributed by atoms with Gasteiger partial charge in [0, 0.05) is 17.1 Å². The first-order chi connectivity index (χ1) is 8.47. The summed E-state index contributed by atoms with van der Waals surface area (Å²) < 4.78 is 0. The van der Waals surface area contributed by atoms with Gasteiger partial charge in [-0.25, -0.2) is 0 Å². The third kappa shape index (κ3) is 2.00. The molecule has 0 radical (unpaired) electrons. The molecule has 2 aromatic rings. The van der Waals surface area contributed by atoms with Gasteiger partial charge >= 0.3 is 0 Å². The molecule has 0 aliphatic carbocycles. The van der Waals surface area contributed by atoms with Gasteiger partial charge < -0.3 is 9.88 Å². The number of nitrogens with one attached hydrogen (secondary N) is 1. The van der Waals surface area contributed by atoms with Crippen LogP contribution in [0, 0.1) is 16.7 Å². The van der Waals surface area contributed by atoms with Crippen molar-refractivity contribution in [1.82, 2.24) is 9.88 Å². The lowest BCUT2D eigenvalue weighted by Crippen LogP contribution is -2.32. The molecule has 1 unspecified atom stereocenters. The number of nitriles is 1. The van der Waals surface area contributed by atoms with E-state index in [0.717, 1.165) is 5.52 Å². The van der Waals surface area contributed by atoms with E-state index in [9.17, 15) is 5.26 Å². The van der Waals surface area contributed by atoms with Crippen LogP contribution in [0.4, 0.5) is 0 Å². The molecular formula is C15H19N3. The number of benzene rings is 1. The van der Waals surface area contributed by atoms with Crippen LogP contribution in [0.3, 0.4) is 0 Å². The number of hydrogen-bond donors (Lipinski definition) is 1. The molecule has 0 spiro atoms. The van der Waals surface area contributed by atoms with Crippen molar-refractivity contribution >= 4 is 10.9 Å². The SMILES string of the molecule is CN(C)C(c1c[nH]c2ccccc12)C(C)(C)C#N. The molecule has 94 valence electrons. The Balaban J connectivity index is 2.60. The molecule has 2 rings (SSSR count). The highest BCUT2D eigenvalue weighted by Crippen LogP contribution is 2.39. The summed E-state index contributed by atoms with van der Waals surface area (Å²) in [6.45, 7) is 3.97. The number of aromatic amines is 1. The highest BCUT2D eigenvalue weighted by molar-refractivity contribution is 5.83. The van der Waals surface area contributed by atoms with E-state index in [1.165, 1.54) is 10.9 Å². The molecule has 1 N–H and O–H groups in total. The van der Waals surface area contributed by atoms with E-state index >= 15 is 0 Å². The number of hydrogen-bond acceptors (Lipinski definition) is 2. The van der Waals surface area contributed by atoms with Crippen molar-refractivity contribution in [3.63, 3.8) is 0 Å². The van der Waals surface area contributed by atoms with Crippen molar-refractivity contribution < 1.29 is 0 Å². The first kappa shape index (κ1) is 12.7. The van der Waals surface area contributed by atoms with Crippen molar-refractivity contribution in [2.45, 2.75) is 19.9 Å². The quantitative estimate of drug-likeness (QED) is 0.895. The summed E-state index contributed by atoms with van der Waals surface area (Å²) in [5, 5.41) is 10.6. The van der Waals surface area contributed by atoms with E-state index in [1.54, 1.807) is 0 Å². The van der Waals surface area contributed by atoms with Crippen LogP contribution in [0.15, 0.2) is 30.5 Å². The average Bonchev–Trinajstić information content (AvgIpc) is 2.73. The maximum atomic E-state index is 9.40. The number of rotatable bonds is 3. The molecule has 1 heterocycles. The third-order valence-corrected chi connectivity index (χ3v) is 3.40. The Labute approximate surface area is 108 Å². The molecule has 0 aliphatic heterocycles. The predicted molar refractivity (Wildman–Crippen MR) is 74.1 cm³/mol. The normalized spacial score (nSPS) is 13.8. The van der Waals surface area contributed by atoms with Crippen LogP contribution in [-0.2, 0) is 0 Å². The Kier molecular flexibility index (Phi) is 3.14. The molecule has 18 heavy (non-hydrogen) atoms. The molecule has 1 atom stereocenters. The fraction of sp³-hybridized carbons (Fsp3) is 0.400. The van der Waals surface area contributed by atoms with Crippen molar-refractivity contribution in [2.24, 2.45) is 5.41 Å². The lowest BCUT2D eigenvalue weighted by atomic mass is 9.81. The molecule has 3 heteroatoms. The van der Waals surface area contributed by atoms with Gasteiger partial charge in [0.15, 0.2) is 0 Å². The van der Waals surface area contributed by atoms with Crippen LogP contribution in [0.5, 0.6) is 0 Å². The van der Waals surface area contributed by atoms with E-state index in [0.29, 0.717) is 0 Å². The second-order valence-corrected chi connectivity index (χ2v) is 5.49. The van der Waals surface area contributed by atoms with Crippen molar-refractivity contribution in [3.8, 4) is 6.07 Å². The fourth-order valence-electron chi connectivity index (χ4n) is 2.69. The van der Waals surface area contributed by atoms with Gasteiger partial charge in [0.25, 0.3) is 0 Å². The fourth-order valence-corrected chi connectivity index (χ4v) is 2.69. The number of nitrogens with zero attached hydrogens (tertiary/aromatic N) is 2. The molecule has 0 aliphatic rings. The Morgan fingerprint density at radius 3 is 2.56 bits per heavy atom. The van der Waals surface area contributed by atoms with Crippen molar-refractivity contribution in [3.05, 3.63) is 36.0 Å². The van der Waals surface area contributed by atoms with Crippen LogP contribution in [-0.4, -0.2) is 24.0 Å². The summed E-state index contributed by atoms with van der Waals surface area (Å²) in [7, 11) is 4.04. The molecule has 1 aromatic carbocycles. The molecule has 0 saturated carbocycles. The highest BCUT2D eigenvalue weighted by Gasteiger charge is 2.34. The Bertz CT molecular complexity index is 587. The van der Waals surface area contributed by atoms with E-state index in [4.69, 9.17) is 0 Å². The lowest BCUT2D eigenvalue weighted by Gasteiger charge is -2.33. The minimum absolute atomic E-state index is 0.0682. The van der Waals surface area contributed by atoms with E-state index in [1.807, 2.05) is 46.3 Å². The van der Waals surface area contributed by atoms with Crippen LogP contribution >= 0.6 is 0 Å². The summed E-state index contributed by atoms with van der Waals surface area (Å²) in [6, 6.07) is 10.7. The van der Waals surface area contributed by atoms with Gasteiger partial charge in [-0.05, 0) is 39.6 Å². The Morgan fingerprint density at radius 2 is 1.94 bits per heavy atom. The van der Waals surface area contributed by atoms with Crippen LogP contribution in [0.1, 0.15) is 25.5 Å². The van der Waals surface area contributed by atoms with Crippen LogP contribution < -0.4 is 0 Å². The smallest absolute Gasteiger partial charge is 0.0714 e. The Morgan fingerprint density at radius 1 is 1.28 bits per heavy atom. The molecule has 0 fully saturated rings. The molecule has 0 saturated heterocycles. The first-order valence-electron chi connectivity index (χ1n) is 6.11. The summed E-state index contributed by atoms with van der Waals surface area (Å²) in [4.78, 5) is 5.39. The van der Waals surface area contributed by atoms with Gasteiger partial charge in [-0.2, -0.15) is 5.26 Å².